The Morgan fingerprint density at radius 1 is 1.05 bits per heavy atom. The second-order valence-corrected chi connectivity index (χ2v) is 10.3. The van der Waals surface area contributed by atoms with Crippen LogP contribution in [0.25, 0.3) is 0 Å². The van der Waals surface area contributed by atoms with E-state index in [1.807, 2.05) is 12.1 Å². The summed E-state index contributed by atoms with van der Waals surface area (Å²) in [6.07, 6.45) is 0.455. The molecule has 4 heterocycles. The van der Waals surface area contributed by atoms with Crippen LogP contribution >= 0.6 is 0 Å². The summed E-state index contributed by atoms with van der Waals surface area (Å²) in [5.74, 6) is -2.89. The van der Waals surface area contributed by atoms with Crippen LogP contribution in [0.15, 0.2) is 18.2 Å². The van der Waals surface area contributed by atoms with E-state index in [0.29, 0.717) is 30.6 Å². The molecular weight excluding hydrogens is 521 g/mol. The number of hydrogen-bond acceptors (Lipinski definition) is 7. The van der Waals surface area contributed by atoms with Crippen molar-refractivity contribution in [1.82, 2.24) is 15.5 Å². The van der Waals surface area contributed by atoms with Gasteiger partial charge in [0.15, 0.2) is 0 Å². The van der Waals surface area contributed by atoms with Crippen molar-refractivity contribution in [2.24, 2.45) is 5.92 Å². The number of carboxylic acid groups (broad SMARTS) is 1. The lowest BCUT2D eigenvalue weighted by Crippen LogP contribution is -2.52. The fourth-order valence-electron chi connectivity index (χ4n) is 5.35. The van der Waals surface area contributed by atoms with E-state index in [0.717, 1.165) is 69.7 Å². The number of imide groups is 1. The van der Waals surface area contributed by atoms with Gasteiger partial charge in [-0.15, -0.1) is 0 Å². The van der Waals surface area contributed by atoms with Crippen LogP contribution in [0.2, 0.25) is 0 Å². The maximum atomic E-state index is 12.9. The highest BCUT2D eigenvalue weighted by Gasteiger charge is 2.39. The van der Waals surface area contributed by atoms with Crippen molar-refractivity contribution in [3.8, 4) is 0 Å². The van der Waals surface area contributed by atoms with Crippen molar-refractivity contribution in [3.63, 3.8) is 0 Å². The minimum Gasteiger partial charge on any atom is -0.475 e. The molecule has 0 bridgehead atoms. The molecule has 0 spiro atoms. The summed E-state index contributed by atoms with van der Waals surface area (Å²) >= 11 is 0. The van der Waals surface area contributed by atoms with Crippen molar-refractivity contribution in [1.29, 1.82) is 0 Å². The number of ether oxygens (including phenoxy) is 1. The Labute approximate surface area is 223 Å². The van der Waals surface area contributed by atoms with Crippen molar-refractivity contribution in [3.05, 3.63) is 29.3 Å². The first-order valence-corrected chi connectivity index (χ1v) is 13.2. The quantitative estimate of drug-likeness (QED) is 0.472. The van der Waals surface area contributed by atoms with E-state index in [4.69, 9.17) is 14.6 Å². The number of fused-ring (bicyclic) bond motifs is 1. The number of carbonyl (C=O) groups is 4. The molecule has 0 radical (unpaired) electrons. The molecule has 1 aromatic carbocycles. The first-order chi connectivity index (χ1) is 18.5. The minimum atomic E-state index is -5.08. The maximum Gasteiger partial charge on any atom is 0.490 e. The number of halogens is 3. The van der Waals surface area contributed by atoms with E-state index in [1.165, 1.54) is 0 Å². The number of amides is 3. The van der Waals surface area contributed by atoms with Crippen LogP contribution < -0.4 is 15.5 Å². The monoisotopic (exact) mass is 554 g/mol. The Hall–Kier alpha value is -3.19. The fourth-order valence-corrected chi connectivity index (χ4v) is 5.35. The summed E-state index contributed by atoms with van der Waals surface area (Å²) in [6.45, 7) is 5.39. The molecule has 0 aliphatic carbocycles. The third-order valence-electron chi connectivity index (χ3n) is 7.58. The smallest absolute Gasteiger partial charge is 0.475 e. The molecule has 0 saturated carbocycles. The van der Waals surface area contributed by atoms with Crippen LogP contribution in [0, 0.1) is 5.92 Å². The zero-order valence-electron chi connectivity index (χ0n) is 21.5. The zero-order chi connectivity index (χ0) is 28.2. The number of hydrogen-bond donors (Lipinski definition) is 3. The average molecular weight is 555 g/mol. The van der Waals surface area contributed by atoms with Gasteiger partial charge in [0, 0.05) is 43.9 Å². The lowest BCUT2D eigenvalue weighted by Gasteiger charge is -2.34. The molecule has 3 fully saturated rings. The Bertz CT molecular complexity index is 1080. The molecule has 5 rings (SSSR count). The second-order valence-electron chi connectivity index (χ2n) is 10.3. The number of carboxylic acids is 1. The molecule has 3 saturated heterocycles. The van der Waals surface area contributed by atoms with Crippen LogP contribution in [-0.2, 0) is 25.7 Å². The molecule has 13 heteroatoms. The summed E-state index contributed by atoms with van der Waals surface area (Å²) in [7, 11) is 0. The number of benzene rings is 1. The van der Waals surface area contributed by atoms with Gasteiger partial charge in [-0.3, -0.25) is 19.7 Å². The van der Waals surface area contributed by atoms with Crippen LogP contribution in [0.3, 0.4) is 0 Å². The Balaban J connectivity index is 0.000000448. The molecule has 10 nitrogen and oxygen atoms in total. The van der Waals surface area contributed by atoms with Gasteiger partial charge in [0.1, 0.15) is 6.04 Å². The number of nitrogens with zero attached hydrogens (tertiary/aromatic N) is 2. The molecule has 1 unspecified atom stereocenters. The summed E-state index contributed by atoms with van der Waals surface area (Å²) in [4.78, 5) is 49.5. The Morgan fingerprint density at radius 3 is 2.33 bits per heavy atom. The van der Waals surface area contributed by atoms with Gasteiger partial charge in [0.2, 0.25) is 11.8 Å². The third kappa shape index (κ3) is 7.27. The van der Waals surface area contributed by atoms with Gasteiger partial charge in [-0.2, -0.15) is 13.2 Å². The minimum absolute atomic E-state index is 0.116. The molecule has 1 aromatic rings. The largest absolute Gasteiger partial charge is 0.490 e. The van der Waals surface area contributed by atoms with E-state index in [2.05, 4.69) is 21.6 Å². The predicted molar refractivity (Wildman–Crippen MR) is 133 cm³/mol. The van der Waals surface area contributed by atoms with Gasteiger partial charge in [0.25, 0.3) is 5.91 Å². The van der Waals surface area contributed by atoms with Gasteiger partial charge in [-0.05, 0) is 74.9 Å². The van der Waals surface area contributed by atoms with E-state index < -0.39 is 18.2 Å². The van der Waals surface area contributed by atoms with Crippen molar-refractivity contribution in [2.75, 3.05) is 37.7 Å². The van der Waals surface area contributed by atoms with Crippen LogP contribution in [0.1, 0.15) is 54.4 Å². The molecule has 0 aromatic heterocycles. The fraction of sp³-hybridized carbons (Fsp3) is 0.615. The normalized spacial score (nSPS) is 22.7. The first kappa shape index (κ1) is 28.8. The Kier molecular flexibility index (Phi) is 9.11. The summed E-state index contributed by atoms with van der Waals surface area (Å²) in [6, 6.07) is 5.46. The molecular formula is C26H33F3N4O6. The average Bonchev–Trinajstić information content (AvgIpc) is 3.23. The van der Waals surface area contributed by atoms with Crippen LogP contribution in [0.4, 0.5) is 18.9 Å². The van der Waals surface area contributed by atoms with Crippen LogP contribution in [0.5, 0.6) is 0 Å². The van der Waals surface area contributed by atoms with Crippen molar-refractivity contribution >= 4 is 29.4 Å². The molecule has 214 valence electrons. The second kappa shape index (κ2) is 12.3. The number of rotatable bonds is 5. The maximum absolute atomic E-state index is 12.9. The highest BCUT2D eigenvalue weighted by molar-refractivity contribution is 6.05. The summed E-state index contributed by atoms with van der Waals surface area (Å²) in [5.41, 5.74) is 2.77. The Morgan fingerprint density at radius 2 is 1.72 bits per heavy atom. The van der Waals surface area contributed by atoms with Gasteiger partial charge < -0.3 is 25.0 Å². The van der Waals surface area contributed by atoms with Gasteiger partial charge in [0.05, 0.1) is 6.10 Å². The van der Waals surface area contributed by atoms with Crippen LogP contribution in [-0.4, -0.2) is 84.8 Å². The highest BCUT2D eigenvalue weighted by atomic mass is 19.4. The number of alkyl halides is 3. The topological polar surface area (TPSA) is 128 Å². The molecule has 3 N–H and O–H groups in total. The van der Waals surface area contributed by atoms with Gasteiger partial charge >= 0.3 is 12.1 Å². The van der Waals surface area contributed by atoms with Crippen molar-refractivity contribution < 1.29 is 42.2 Å². The van der Waals surface area contributed by atoms with E-state index in [1.54, 1.807) is 4.90 Å². The molecule has 1 atom stereocenters. The first-order valence-electron chi connectivity index (χ1n) is 13.2. The lowest BCUT2D eigenvalue weighted by atomic mass is 9.96. The third-order valence-corrected chi connectivity index (χ3v) is 7.58. The molecule has 4 aliphatic heterocycles. The number of anilines is 1. The van der Waals surface area contributed by atoms with Crippen molar-refractivity contribution in [2.45, 2.75) is 63.4 Å². The SMILES string of the molecule is O=C(O)C(F)(F)F.O=C1CCC(N2Cc3cc(N4CCC(COC5CCNCC5)CC4)ccc3C2=O)C(=O)N1. The summed E-state index contributed by atoms with van der Waals surface area (Å²) in [5, 5.41) is 12.9. The van der Waals surface area contributed by atoms with E-state index in [-0.39, 0.29) is 24.1 Å². The molecule has 4 aliphatic rings. The standard InChI is InChI=1S/C24H32N4O4.C2HF3O2/c29-22-4-3-21(23(30)26-22)28-14-17-13-18(1-2-20(17)24(28)31)27-11-7-16(8-12-27)15-32-19-5-9-25-10-6-19;3-2(4,5)1(6)7/h1-2,13,16,19,21,25H,3-12,14-15H2,(H,26,29,30);(H,6,7). The zero-order valence-corrected chi connectivity index (χ0v) is 21.5. The number of nitrogens with one attached hydrogen (secondary N) is 2. The number of aliphatic carboxylic acids is 1. The molecule has 3 amide bonds. The van der Waals surface area contributed by atoms with E-state index >= 15 is 0 Å². The number of carbonyl (C=O) groups excluding carboxylic acids is 3. The van der Waals surface area contributed by atoms with Gasteiger partial charge in [-0.1, -0.05) is 0 Å². The highest BCUT2D eigenvalue weighted by Crippen LogP contribution is 2.32. The van der Waals surface area contributed by atoms with E-state index in [9.17, 15) is 27.6 Å². The predicted octanol–water partition coefficient (Wildman–Crippen LogP) is 2.07. The lowest BCUT2D eigenvalue weighted by molar-refractivity contribution is -0.192. The summed E-state index contributed by atoms with van der Waals surface area (Å²) < 4.78 is 37.9. The van der Waals surface area contributed by atoms with Gasteiger partial charge in [-0.25, -0.2) is 4.79 Å². The molecule has 39 heavy (non-hydrogen) atoms. The number of piperidine rings is 3.